The highest BCUT2D eigenvalue weighted by molar-refractivity contribution is 7.89. The van der Waals surface area contributed by atoms with Gasteiger partial charge in [-0.3, -0.25) is 4.79 Å². The van der Waals surface area contributed by atoms with Gasteiger partial charge in [-0.15, -0.1) is 0 Å². The number of nitrogens with two attached hydrogens (primary N) is 1. The highest BCUT2D eigenvalue weighted by Gasteiger charge is 2.16. The SMILES string of the molecule is Cc1cccc(-n2c(C)cc(C(=O)NCc3ccc(S(N)(=O)=O)cc3)c2C)c1. The molecule has 1 heterocycles. The third-order valence-corrected chi connectivity index (χ3v) is 5.57. The van der Waals surface area contributed by atoms with Crippen LogP contribution in [0.5, 0.6) is 0 Å². The molecular weight excluding hydrogens is 374 g/mol. The molecule has 0 saturated carbocycles. The third kappa shape index (κ3) is 4.16. The van der Waals surface area contributed by atoms with E-state index in [9.17, 15) is 13.2 Å². The summed E-state index contributed by atoms with van der Waals surface area (Å²) in [5, 5.41) is 7.98. The first-order valence-electron chi connectivity index (χ1n) is 8.83. The fraction of sp³-hybridized carbons (Fsp3) is 0.190. The average molecular weight is 398 g/mol. The lowest BCUT2D eigenvalue weighted by molar-refractivity contribution is 0.0950. The minimum atomic E-state index is -3.72. The Morgan fingerprint density at radius 2 is 1.71 bits per heavy atom. The zero-order valence-electron chi connectivity index (χ0n) is 16.1. The lowest BCUT2D eigenvalue weighted by Crippen LogP contribution is -2.23. The molecule has 3 aromatic rings. The Kier molecular flexibility index (Phi) is 5.40. The third-order valence-electron chi connectivity index (χ3n) is 4.64. The molecule has 28 heavy (non-hydrogen) atoms. The monoisotopic (exact) mass is 397 g/mol. The van der Waals surface area contributed by atoms with Crippen LogP contribution >= 0.6 is 0 Å². The first kappa shape index (κ1) is 19.9. The van der Waals surface area contributed by atoms with Gasteiger partial charge in [-0.05, 0) is 62.2 Å². The molecule has 146 valence electrons. The summed E-state index contributed by atoms with van der Waals surface area (Å²) in [6.45, 7) is 6.22. The van der Waals surface area contributed by atoms with Gasteiger partial charge in [0.25, 0.3) is 5.91 Å². The summed E-state index contributed by atoms with van der Waals surface area (Å²) in [4.78, 5) is 12.7. The topological polar surface area (TPSA) is 94.2 Å². The van der Waals surface area contributed by atoms with Crippen molar-refractivity contribution in [2.45, 2.75) is 32.2 Å². The Hall–Kier alpha value is -2.90. The highest BCUT2D eigenvalue weighted by Crippen LogP contribution is 2.21. The molecule has 0 spiro atoms. The standard InChI is InChI=1S/C21H23N3O3S/c1-14-5-4-6-18(11-14)24-15(2)12-20(16(24)3)21(25)23-13-17-7-9-19(10-8-17)28(22,26)27/h4-12H,13H2,1-3H3,(H,23,25)(H2,22,26,27). The molecule has 6 nitrogen and oxygen atoms in total. The Balaban J connectivity index is 1.77. The molecule has 0 aliphatic heterocycles. The Morgan fingerprint density at radius 3 is 2.32 bits per heavy atom. The number of carbonyl (C=O) groups excluding carboxylic acids is 1. The summed E-state index contributed by atoms with van der Waals surface area (Å²) in [5.74, 6) is -0.178. The largest absolute Gasteiger partial charge is 0.348 e. The van der Waals surface area contributed by atoms with Crippen molar-refractivity contribution in [2.24, 2.45) is 5.14 Å². The molecule has 1 aromatic heterocycles. The van der Waals surface area contributed by atoms with Crippen LogP contribution in [0.4, 0.5) is 0 Å². The van der Waals surface area contributed by atoms with Crippen molar-refractivity contribution in [1.29, 1.82) is 0 Å². The van der Waals surface area contributed by atoms with E-state index in [1.165, 1.54) is 12.1 Å². The molecule has 0 radical (unpaired) electrons. The van der Waals surface area contributed by atoms with E-state index in [1.807, 2.05) is 45.0 Å². The first-order valence-corrected chi connectivity index (χ1v) is 10.4. The van der Waals surface area contributed by atoms with E-state index in [2.05, 4.69) is 16.0 Å². The number of benzene rings is 2. The zero-order valence-corrected chi connectivity index (χ0v) is 16.9. The molecule has 0 fully saturated rings. The maximum atomic E-state index is 12.7. The maximum Gasteiger partial charge on any atom is 0.253 e. The van der Waals surface area contributed by atoms with Crippen molar-refractivity contribution in [3.05, 3.63) is 82.7 Å². The normalized spacial score (nSPS) is 11.4. The molecular formula is C21H23N3O3S. The minimum absolute atomic E-state index is 0.0456. The lowest BCUT2D eigenvalue weighted by atomic mass is 10.2. The van der Waals surface area contributed by atoms with E-state index in [0.717, 1.165) is 28.2 Å². The van der Waals surface area contributed by atoms with Crippen molar-refractivity contribution >= 4 is 15.9 Å². The fourth-order valence-corrected chi connectivity index (χ4v) is 3.75. The number of hydrogen-bond acceptors (Lipinski definition) is 3. The number of hydrogen-bond donors (Lipinski definition) is 2. The van der Waals surface area contributed by atoms with Crippen LogP contribution in [0.3, 0.4) is 0 Å². The maximum absolute atomic E-state index is 12.7. The second-order valence-corrected chi connectivity index (χ2v) is 8.39. The number of primary sulfonamides is 1. The molecule has 2 aromatic carbocycles. The van der Waals surface area contributed by atoms with Gasteiger partial charge in [0.1, 0.15) is 0 Å². The van der Waals surface area contributed by atoms with Crippen molar-refractivity contribution < 1.29 is 13.2 Å². The predicted octanol–water partition coefficient (Wildman–Crippen LogP) is 2.98. The molecule has 0 unspecified atom stereocenters. The number of nitrogens with one attached hydrogen (secondary N) is 1. The summed E-state index contributed by atoms with van der Waals surface area (Å²) >= 11 is 0. The number of nitrogens with zero attached hydrogens (tertiary/aromatic N) is 1. The van der Waals surface area contributed by atoms with Crippen LogP contribution in [-0.2, 0) is 16.6 Å². The van der Waals surface area contributed by atoms with E-state index in [-0.39, 0.29) is 17.3 Å². The van der Waals surface area contributed by atoms with Crippen LogP contribution in [0.15, 0.2) is 59.5 Å². The van der Waals surface area contributed by atoms with Crippen molar-refractivity contribution in [3.63, 3.8) is 0 Å². The molecule has 3 N–H and O–H groups in total. The van der Waals surface area contributed by atoms with Crippen LogP contribution in [0.25, 0.3) is 5.69 Å². The minimum Gasteiger partial charge on any atom is -0.348 e. The number of aryl methyl sites for hydroxylation is 2. The molecule has 0 bridgehead atoms. The van der Waals surface area contributed by atoms with E-state index >= 15 is 0 Å². The highest BCUT2D eigenvalue weighted by atomic mass is 32.2. The number of amides is 1. The van der Waals surface area contributed by atoms with Gasteiger partial charge >= 0.3 is 0 Å². The second-order valence-electron chi connectivity index (χ2n) is 6.83. The van der Waals surface area contributed by atoms with Crippen LogP contribution in [0.2, 0.25) is 0 Å². The van der Waals surface area contributed by atoms with Gasteiger partial charge in [-0.25, -0.2) is 13.6 Å². The molecule has 0 aliphatic carbocycles. The Bertz CT molecular complexity index is 1130. The van der Waals surface area contributed by atoms with Crippen LogP contribution in [0, 0.1) is 20.8 Å². The summed E-state index contributed by atoms with van der Waals surface area (Å²) in [6.07, 6.45) is 0. The lowest BCUT2D eigenvalue weighted by Gasteiger charge is -2.11. The van der Waals surface area contributed by atoms with Crippen LogP contribution in [-0.4, -0.2) is 18.9 Å². The van der Waals surface area contributed by atoms with E-state index < -0.39 is 10.0 Å². The van der Waals surface area contributed by atoms with Gasteiger partial charge in [0.2, 0.25) is 10.0 Å². The number of carbonyl (C=O) groups is 1. The van der Waals surface area contributed by atoms with Gasteiger partial charge in [0.15, 0.2) is 0 Å². The van der Waals surface area contributed by atoms with Gasteiger partial charge in [-0.1, -0.05) is 24.3 Å². The number of aromatic nitrogens is 1. The number of sulfonamides is 1. The van der Waals surface area contributed by atoms with Crippen LogP contribution in [0.1, 0.15) is 32.9 Å². The average Bonchev–Trinajstić information content (AvgIpc) is 2.93. The molecule has 0 aliphatic rings. The van der Waals surface area contributed by atoms with Gasteiger partial charge < -0.3 is 9.88 Å². The second kappa shape index (κ2) is 7.61. The molecule has 1 amide bonds. The molecule has 3 rings (SSSR count). The Labute approximate surface area is 165 Å². The molecule has 0 saturated heterocycles. The zero-order chi connectivity index (χ0) is 20.5. The van der Waals surface area contributed by atoms with Crippen LogP contribution < -0.4 is 10.5 Å². The Morgan fingerprint density at radius 1 is 1.04 bits per heavy atom. The van der Waals surface area contributed by atoms with E-state index in [0.29, 0.717) is 5.56 Å². The number of rotatable bonds is 5. The van der Waals surface area contributed by atoms with Crippen molar-refractivity contribution in [2.75, 3.05) is 0 Å². The molecule has 0 atom stereocenters. The summed E-state index contributed by atoms with van der Waals surface area (Å²) in [7, 11) is -3.72. The van der Waals surface area contributed by atoms with Crippen molar-refractivity contribution in [3.8, 4) is 5.69 Å². The predicted molar refractivity (Wildman–Crippen MR) is 109 cm³/mol. The van der Waals surface area contributed by atoms with Gasteiger partial charge in [0, 0.05) is 23.6 Å². The fourth-order valence-electron chi connectivity index (χ4n) is 3.23. The van der Waals surface area contributed by atoms with Gasteiger partial charge in [-0.2, -0.15) is 0 Å². The first-order chi connectivity index (χ1) is 13.2. The summed E-state index contributed by atoms with van der Waals surface area (Å²) in [5.41, 5.74) is 5.41. The quantitative estimate of drug-likeness (QED) is 0.693. The van der Waals surface area contributed by atoms with E-state index in [1.54, 1.807) is 12.1 Å². The summed E-state index contributed by atoms with van der Waals surface area (Å²) in [6, 6.07) is 16.1. The van der Waals surface area contributed by atoms with Crippen molar-refractivity contribution in [1.82, 2.24) is 9.88 Å². The summed E-state index contributed by atoms with van der Waals surface area (Å²) < 4.78 is 24.7. The molecule has 7 heteroatoms. The van der Waals surface area contributed by atoms with Gasteiger partial charge in [0.05, 0.1) is 10.5 Å². The van der Waals surface area contributed by atoms with E-state index in [4.69, 9.17) is 5.14 Å². The smallest absolute Gasteiger partial charge is 0.253 e.